The fraction of sp³-hybridized carbons (Fsp3) is 0.143. The molecule has 1 N–H and O–H groups in total. The highest BCUT2D eigenvalue weighted by Crippen LogP contribution is 2.25. The van der Waals surface area contributed by atoms with Gasteiger partial charge in [0.15, 0.2) is 0 Å². The van der Waals surface area contributed by atoms with Gasteiger partial charge in [-0.3, -0.25) is 4.98 Å². The lowest BCUT2D eigenvalue weighted by molar-refractivity contribution is 0.0697. The van der Waals surface area contributed by atoms with Crippen LogP contribution in [0.5, 0.6) is 0 Å². The number of pyridine rings is 1. The zero-order valence-electron chi connectivity index (χ0n) is 10.4. The van der Waals surface area contributed by atoms with Gasteiger partial charge >= 0.3 is 5.97 Å². The van der Waals surface area contributed by atoms with E-state index in [4.69, 9.17) is 11.6 Å². The topological polar surface area (TPSA) is 53.4 Å². The summed E-state index contributed by atoms with van der Waals surface area (Å²) in [5.41, 5.74) is 1.82. The van der Waals surface area contributed by atoms with Crippen LogP contribution in [0.1, 0.15) is 15.9 Å². The van der Waals surface area contributed by atoms with Crippen LogP contribution in [0.3, 0.4) is 0 Å². The average molecular weight is 277 g/mol. The van der Waals surface area contributed by atoms with Gasteiger partial charge in [-0.1, -0.05) is 17.7 Å². The normalized spacial score (nSPS) is 10.2. The van der Waals surface area contributed by atoms with E-state index in [2.05, 4.69) is 4.98 Å². The Morgan fingerprint density at radius 1 is 1.42 bits per heavy atom. The van der Waals surface area contributed by atoms with Crippen LogP contribution in [0.25, 0.3) is 0 Å². The molecule has 0 aliphatic heterocycles. The summed E-state index contributed by atoms with van der Waals surface area (Å²) in [7, 11) is 1.82. The van der Waals surface area contributed by atoms with Crippen molar-refractivity contribution in [3.05, 3.63) is 58.9 Å². The summed E-state index contributed by atoms with van der Waals surface area (Å²) in [5, 5.41) is 9.70. The summed E-state index contributed by atoms with van der Waals surface area (Å²) >= 11 is 5.94. The summed E-state index contributed by atoms with van der Waals surface area (Å²) < 4.78 is 0. The Hall–Kier alpha value is -2.07. The average Bonchev–Trinajstić information content (AvgIpc) is 2.39. The molecule has 0 amide bonds. The number of hydrogen-bond acceptors (Lipinski definition) is 3. The fourth-order valence-corrected chi connectivity index (χ4v) is 2.02. The van der Waals surface area contributed by atoms with Crippen LogP contribution in [-0.2, 0) is 6.54 Å². The Kier molecular flexibility index (Phi) is 4.02. The number of nitrogens with zero attached hydrogens (tertiary/aromatic N) is 2. The van der Waals surface area contributed by atoms with Crippen molar-refractivity contribution in [1.29, 1.82) is 0 Å². The van der Waals surface area contributed by atoms with E-state index < -0.39 is 5.97 Å². The predicted molar refractivity (Wildman–Crippen MR) is 74.8 cm³/mol. The van der Waals surface area contributed by atoms with Crippen molar-refractivity contribution in [1.82, 2.24) is 4.98 Å². The summed E-state index contributed by atoms with van der Waals surface area (Å²) in [6.45, 7) is 0.564. The highest BCUT2D eigenvalue weighted by Gasteiger charge is 2.14. The molecule has 2 aromatic rings. The molecule has 0 spiro atoms. The van der Waals surface area contributed by atoms with Crippen LogP contribution >= 0.6 is 11.6 Å². The van der Waals surface area contributed by atoms with Crippen molar-refractivity contribution in [2.75, 3.05) is 11.9 Å². The fourth-order valence-electron chi connectivity index (χ4n) is 1.85. The van der Waals surface area contributed by atoms with E-state index in [9.17, 15) is 9.90 Å². The summed E-state index contributed by atoms with van der Waals surface area (Å²) in [6.07, 6.45) is 3.45. The van der Waals surface area contributed by atoms with E-state index in [1.54, 1.807) is 24.5 Å². The Bertz CT molecular complexity index is 587. The SMILES string of the molecule is CN(Cc1cccnc1)c1cc(Cl)ccc1C(=O)O. The Labute approximate surface area is 116 Å². The Morgan fingerprint density at radius 3 is 2.84 bits per heavy atom. The molecule has 0 bridgehead atoms. The molecule has 0 saturated heterocycles. The lowest BCUT2D eigenvalue weighted by atomic mass is 10.1. The largest absolute Gasteiger partial charge is 0.478 e. The minimum atomic E-state index is -0.968. The van der Waals surface area contributed by atoms with Crippen LogP contribution in [0, 0.1) is 0 Å². The standard InChI is InChI=1S/C14H13ClN2O2/c1-17(9-10-3-2-6-16-8-10)13-7-11(15)4-5-12(13)14(18)19/h2-8H,9H2,1H3,(H,18,19). The van der Waals surface area contributed by atoms with Crippen LogP contribution in [0.15, 0.2) is 42.7 Å². The monoisotopic (exact) mass is 276 g/mol. The molecule has 5 heteroatoms. The van der Waals surface area contributed by atoms with Gasteiger partial charge in [0.2, 0.25) is 0 Å². The summed E-state index contributed by atoms with van der Waals surface area (Å²) in [5.74, 6) is -0.968. The van der Waals surface area contributed by atoms with Crippen molar-refractivity contribution in [2.45, 2.75) is 6.54 Å². The van der Waals surface area contributed by atoms with Crippen molar-refractivity contribution >= 4 is 23.3 Å². The molecule has 19 heavy (non-hydrogen) atoms. The van der Waals surface area contributed by atoms with Gasteiger partial charge < -0.3 is 10.0 Å². The molecule has 0 aliphatic rings. The third-order valence-electron chi connectivity index (χ3n) is 2.74. The maximum atomic E-state index is 11.2. The van der Waals surface area contributed by atoms with Gasteiger partial charge in [-0.25, -0.2) is 4.79 Å². The number of rotatable bonds is 4. The smallest absolute Gasteiger partial charge is 0.337 e. The molecular weight excluding hydrogens is 264 g/mol. The van der Waals surface area contributed by atoms with Crippen molar-refractivity contribution in [3.8, 4) is 0 Å². The van der Waals surface area contributed by atoms with Crippen LogP contribution < -0.4 is 4.90 Å². The van der Waals surface area contributed by atoms with Crippen molar-refractivity contribution in [2.24, 2.45) is 0 Å². The van der Waals surface area contributed by atoms with E-state index >= 15 is 0 Å². The third-order valence-corrected chi connectivity index (χ3v) is 2.98. The minimum absolute atomic E-state index is 0.232. The number of carboxylic acid groups (broad SMARTS) is 1. The molecule has 0 aliphatic carbocycles. The molecule has 0 unspecified atom stereocenters. The van der Waals surface area contributed by atoms with Crippen LogP contribution in [0.4, 0.5) is 5.69 Å². The van der Waals surface area contributed by atoms with Crippen molar-refractivity contribution in [3.63, 3.8) is 0 Å². The number of halogens is 1. The Morgan fingerprint density at radius 2 is 2.21 bits per heavy atom. The maximum Gasteiger partial charge on any atom is 0.337 e. The maximum absolute atomic E-state index is 11.2. The lowest BCUT2D eigenvalue weighted by Crippen LogP contribution is -2.19. The first-order chi connectivity index (χ1) is 9.08. The van der Waals surface area contributed by atoms with E-state index in [0.29, 0.717) is 17.3 Å². The highest BCUT2D eigenvalue weighted by molar-refractivity contribution is 6.31. The van der Waals surface area contributed by atoms with E-state index in [-0.39, 0.29) is 5.56 Å². The van der Waals surface area contributed by atoms with Gasteiger partial charge in [0.05, 0.1) is 11.3 Å². The van der Waals surface area contributed by atoms with E-state index in [0.717, 1.165) is 5.56 Å². The molecule has 1 heterocycles. The number of carbonyl (C=O) groups is 1. The first kappa shape index (κ1) is 13.4. The van der Waals surface area contributed by atoms with Crippen LogP contribution in [-0.4, -0.2) is 23.1 Å². The molecule has 2 rings (SSSR count). The van der Waals surface area contributed by atoms with Crippen LogP contribution in [0.2, 0.25) is 5.02 Å². The zero-order chi connectivity index (χ0) is 13.8. The predicted octanol–water partition coefficient (Wildman–Crippen LogP) is 3.07. The number of carboxylic acids is 1. The first-order valence-corrected chi connectivity index (χ1v) is 6.08. The number of benzene rings is 1. The molecule has 4 nitrogen and oxygen atoms in total. The van der Waals surface area contributed by atoms with E-state index in [1.807, 2.05) is 24.1 Å². The minimum Gasteiger partial charge on any atom is -0.478 e. The van der Waals surface area contributed by atoms with Gasteiger partial charge in [0.25, 0.3) is 0 Å². The van der Waals surface area contributed by atoms with Gasteiger partial charge in [-0.05, 0) is 29.8 Å². The highest BCUT2D eigenvalue weighted by atomic mass is 35.5. The van der Waals surface area contributed by atoms with Crippen molar-refractivity contribution < 1.29 is 9.90 Å². The molecule has 98 valence electrons. The zero-order valence-corrected chi connectivity index (χ0v) is 11.1. The second-order valence-corrected chi connectivity index (χ2v) is 4.62. The quantitative estimate of drug-likeness (QED) is 0.932. The molecule has 0 atom stereocenters. The van der Waals surface area contributed by atoms with E-state index in [1.165, 1.54) is 6.07 Å². The molecular formula is C14H13ClN2O2. The van der Waals surface area contributed by atoms with Gasteiger partial charge in [-0.15, -0.1) is 0 Å². The van der Waals surface area contributed by atoms with Gasteiger partial charge in [0, 0.05) is 31.0 Å². The second-order valence-electron chi connectivity index (χ2n) is 4.18. The third kappa shape index (κ3) is 3.23. The summed E-state index contributed by atoms with van der Waals surface area (Å²) in [6, 6.07) is 8.53. The lowest BCUT2D eigenvalue weighted by Gasteiger charge is -2.21. The first-order valence-electron chi connectivity index (χ1n) is 5.71. The molecule has 1 aromatic heterocycles. The molecule has 0 fully saturated rings. The summed E-state index contributed by atoms with van der Waals surface area (Å²) in [4.78, 5) is 17.1. The Balaban J connectivity index is 2.30. The number of aromatic nitrogens is 1. The number of anilines is 1. The van der Waals surface area contributed by atoms with Gasteiger partial charge in [0.1, 0.15) is 0 Å². The molecule has 0 saturated carbocycles. The second kappa shape index (κ2) is 5.71. The number of aromatic carboxylic acids is 1. The van der Waals surface area contributed by atoms with Gasteiger partial charge in [-0.2, -0.15) is 0 Å². The molecule has 1 aromatic carbocycles. The number of hydrogen-bond donors (Lipinski definition) is 1. The molecule has 0 radical (unpaired) electrons.